The molecule has 0 atom stereocenters. The summed E-state index contributed by atoms with van der Waals surface area (Å²) < 4.78 is 0. The minimum Gasteiger partial charge on any atom is -0.351 e. The molecule has 1 amide bonds. The molecule has 1 aliphatic rings. The monoisotopic (exact) mass is 431 g/mol. The largest absolute Gasteiger partial charge is 0.351 e. The van der Waals surface area contributed by atoms with Crippen molar-refractivity contribution in [2.45, 2.75) is 0 Å². The molecule has 2 aromatic carbocycles. The number of amidine groups is 1. The fourth-order valence-electron chi connectivity index (χ4n) is 3.11. The normalized spacial score (nSPS) is 15.0. The van der Waals surface area contributed by atoms with E-state index in [1.165, 1.54) is 11.8 Å². The summed E-state index contributed by atoms with van der Waals surface area (Å²) in [5.74, 6) is -0.284. The summed E-state index contributed by atoms with van der Waals surface area (Å²) in [6.07, 6.45) is 7.01. The summed E-state index contributed by atoms with van der Waals surface area (Å²) in [4.78, 5) is 28.6. The molecular formula is C22H14ClN5OS. The van der Waals surface area contributed by atoms with E-state index in [0.717, 1.165) is 27.7 Å². The van der Waals surface area contributed by atoms with Gasteiger partial charge in [0.25, 0.3) is 5.91 Å². The molecule has 4 aromatic rings. The van der Waals surface area contributed by atoms with Gasteiger partial charge in [0.2, 0.25) is 0 Å². The summed E-state index contributed by atoms with van der Waals surface area (Å²) in [5, 5.41) is 5.19. The number of fused-ring (bicyclic) bond motifs is 1. The van der Waals surface area contributed by atoms with Gasteiger partial charge in [-0.05, 0) is 53.7 Å². The first-order chi connectivity index (χ1) is 14.7. The van der Waals surface area contributed by atoms with Crippen molar-refractivity contribution in [3.05, 3.63) is 82.7 Å². The van der Waals surface area contributed by atoms with Crippen LogP contribution in [0.5, 0.6) is 0 Å². The standard InChI is InChI=1S/C22H14ClN5OS/c23-16-5-4-15(19-11-24-12-26-19)10-18(16)27-22-28-21(29)20(30-22)9-13-3-6-17-14(8-13)2-1-7-25-17/h1-12H,(H,24,26)(H,27,28,29). The van der Waals surface area contributed by atoms with Gasteiger partial charge in [-0.25, -0.2) is 4.98 Å². The molecule has 8 heteroatoms. The zero-order chi connectivity index (χ0) is 20.5. The number of anilines is 1. The lowest BCUT2D eigenvalue weighted by Gasteiger charge is -2.08. The molecule has 0 unspecified atom stereocenters. The second kappa shape index (κ2) is 7.78. The smallest absolute Gasteiger partial charge is 0.286 e. The van der Waals surface area contributed by atoms with E-state index in [1.54, 1.807) is 24.8 Å². The third-order valence-corrected chi connectivity index (χ3v) is 5.78. The van der Waals surface area contributed by atoms with Gasteiger partial charge >= 0.3 is 0 Å². The summed E-state index contributed by atoms with van der Waals surface area (Å²) in [7, 11) is 0. The zero-order valence-electron chi connectivity index (χ0n) is 15.5. The maximum Gasteiger partial charge on any atom is 0.286 e. The fourth-order valence-corrected chi connectivity index (χ4v) is 4.10. The van der Waals surface area contributed by atoms with E-state index in [2.05, 4.69) is 25.3 Å². The maximum absolute atomic E-state index is 12.4. The molecule has 0 aliphatic carbocycles. The third-order valence-electron chi connectivity index (χ3n) is 4.55. The van der Waals surface area contributed by atoms with E-state index in [1.807, 2.05) is 48.5 Å². The van der Waals surface area contributed by atoms with Crippen LogP contribution in [0, 0.1) is 0 Å². The summed E-state index contributed by atoms with van der Waals surface area (Å²) >= 11 is 7.61. The van der Waals surface area contributed by atoms with E-state index < -0.39 is 0 Å². The third kappa shape index (κ3) is 3.72. The number of imidazole rings is 1. The van der Waals surface area contributed by atoms with E-state index in [4.69, 9.17) is 11.6 Å². The number of aliphatic imine (C=N–C) groups is 1. The first kappa shape index (κ1) is 18.6. The Hall–Kier alpha value is -3.42. The van der Waals surface area contributed by atoms with Crippen LogP contribution in [0.2, 0.25) is 5.02 Å². The van der Waals surface area contributed by atoms with Crippen LogP contribution in [0.15, 0.2) is 77.1 Å². The van der Waals surface area contributed by atoms with Gasteiger partial charge in [-0.3, -0.25) is 9.78 Å². The first-order valence-electron chi connectivity index (χ1n) is 9.09. The predicted octanol–water partition coefficient (Wildman–Crippen LogP) is 5.36. The number of amides is 1. The molecule has 30 heavy (non-hydrogen) atoms. The molecule has 5 rings (SSSR count). The maximum atomic E-state index is 12.4. The molecule has 2 N–H and O–H groups in total. The van der Waals surface area contributed by atoms with Gasteiger partial charge in [0.1, 0.15) is 0 Å². The van der Waals surface area contributed by atoms with Crippen molar-refractivity contribution in [2.75, 3.05) is 5.32 Å². The molecule has 0 saturated carbocycles. The minimum absolute atomic E-state index is 0.284. The van der Waals surface area contributed by atoms with Gasteiger partial charge in [0.05, 0.1) is 33.2 Å². The highest BCUT2D eigenvalue weighted by atomic mass is 35.5. The molecular weight excluding hydrogens is 418 g/mol. The topological polar surface area (TPSA) is 83.0 Å². The molecule has 6 nitrogen and oxygen atoms in total. The lowest BCUT2D eigenvalue weighted by molar-refractivity contribution is -0.113. The van der Waals surface area contributed by atoms with E-state index in [9.17, 15) is 4.79 Å². The average Bonchev–Trinajstić information content (AvgIpc) is 3.40. The van der Waals surface area contributed by atoms with Crippen LogP contribution in [0.1, 0.15) is 5.56 Å². The number of thioether (sulfide) groups is 1. The fraction of sp³-hybridized carbons (Fsp3) is 0. The molecule has 146 valence electrons. The lowest BCUT2D eigenvalue weighted by atomic mass is 10.1. The molecule has 2 aromatic heterocycles. The second-order valence-electron chi connectivity index (χ2n) is 6.56. The average molecular weight is 432 g/mol. The van der Waals surface area contributed by atoms with Crippen molar-refractivity contribution in [3.63, 3.8) is 0 Å². The van der Waals surface area contributed by atoms with Crippen LogP contribution in [0.3, 0.4) is 0 Å². The number of hydrogen-bond acceptors (Lipinski definition) is 5. The number of aromatic amines is 1. The Morgan fingerprint density at radius 2 is 2.03 bits per heavy atom. The zero-order valence-corrected chi connectivity index (χ0v) is 17.0. The van der Waals surface area contributed by atoms with Crippen molar-refractivity contribution in [3.8, 4) is 11.3 Å². The molecule has 1 aliphatic heterocycles. The number of rotatable bonds is 3. The number of pyridine rings is 1. The highest BCUT2D eigenvalue weighted by Crippen LogP contribution is 2.33. The number of carbonyl (C=O) groups is 1. The number of halogens is 1. The number of aromatic nitrogens is 3. The van der Waals surface area contributed by atoms with Crippen molar-refractivity contribution in [1.82, 2.24) is 15.0 Å². The Bertz CT molecular complexity index is 1330. The quantitative estimate of drug-likeness (QED) is 0.426. The number of benzene rings is 2. The van der Waals surface area contributed by atoms with Crippen LogP contribution >= 0.6 is 23.4 Å². The van der Waals surface area contributed by atoms with E-state index >= 15 is 0 Å². The number of hydrogen-bond donors (Lipinski definition) is 2. The van der Waals surface area contributed by atoms with Crippen molar-refractivity contribution < 1.29 is 4.79 Å². The number of carbonyl (C=O) groups excluding carboxylic acids is 1. The van der Waals surface area contributed by atoms with Gasteiger partial charge in [-0.1, -0.05) is 29.8 Å². The molecule has 3 heterocycles. The van der Waals surface area contributed by atoms with Crippen LogP contribution in [0.4, 0.5) is 5.69 Å². The van der Waals surface area contributed by atoms with Crippen molar-refractivity contribution >= 4 is 57.1 Å². The molecule has 0 bridgehead atoms. The summed E-state index contributed by atoms with van der Waals surface area (Å²) in [6, 6.07) is 15.3. The lowest BCUT2D eigenvalue weighted by Crippen LogP contribution is -2.05. The van der Waals surface area contributed by atoms with Gasteiger partial charge in [-0.2, -0.15) is 4.99 Å². The Morgan fingerprint density at radius 1 is 1.10 bits per heavy atom. The van der Waals surface area contributed by atoms with Gasteiger partial charge < -0.3 is 10.3 Å². The Labute approximate surface area is 181 Å². The predicted molar refractivity (Wildman–Crippen MR) is 122 cm³/mol. The SMILES string of the molecule is O=C1N=C(Nc2cc(-c3c[nH]cn3)ccc2Cl)SC1=Cc1ccc2ncccc2c1. The number of nitrogens with zero attached hydrogens (tertiary/aromatic N) is 3. The number of H-pyrrole nitrogens is 1. The minimum atomic E-state index is -0.284. The van der Waals surface area contributed by atoms with Crippen LogP contribution in [0.25, 0.3) is 28.2 Å². The van der Waals surface area contributed by atoms with Crippen LogP contribution in [-0.4, -0.2) is 26.0 Å². The van der Waals surface area contributed by atoms with E-state index in [0.29, 0.717) is 20.8 Å². The Balaban J connectivity index is 1.37. The highest BCUT2D eigenvalue weighted by molar-refractivity contribution is 8.18. The molecule has 0 spiro atoms. The molecule has 0 saturated heterocycles. The van der Waals surface area contributed by atoms with Crippen molar-refractivity contribution in [1.29, 1.82) is 0 Å². The Morgan fingerprint density at radius 3 is 2.90 bits per heavy atom. The van der Waals surface area contributed by atoms with Gasteiger partial charge in [-0.15, -0.1) is 0 Å². The molecule has 0 fully saturated rings. The summed E-state index contributed by atoms with van der Waals surface area (Å²) in [5.41, 5.74) is 4.20. The Kier molecular flexibility index (Phi) is 4.82. The first-order valence-corrected chi connectivity index (χ1v) is 10.3. The second-order valence-corrected chi connectivity index (χ2v) is 8.00. The van der Waals surface area contributed by atoms with Crippen molar-refractivity contribution in [2.24, 2.45) is 4.99 Å². The summed E-state index contributed by atoms with van der Waals surface area (Å²) in [6.45, 7) is 0. The highest BCUT2D eigenvalue weighted by Gasteiger charge is 2.22. The molecule has 0 radical (unpaired) electrons. The number of nitrogens with one attached hydrogen (secondary N) is 2. The van der Waals surface area contributed by atoms with E-state index in [-0.39, 0.29) is 5.91 Å². The van der Waals surface area contributed by atoms with Gasteiger partial charge in [0, 0.05) is 23.3 Å². The van der Waals surface area contributed by atoms with Gasteiger partial charge in [0.15, 0.2) is 5.17 Å². The van der Waals surface area contributed by atoms with Crippen LogP contribution < -0.4 is 5.32 Å². The van der Waals surface area contributed by atoms with Crippen LogP contribution in [-0.2, 0) is 4.79 Å².